The lowest BCUT2D eigenvalue weighted by atomic mass is 10.3. The molecule has 2 aliphatic heterocycles. The molecule has 2 saturated heterocycles. The minimum absolute atomic E-state index is 0.157. The second kappa shape index (κ2) is 7.59. The molecule has 2 aliphatic rings. The number of likely N-dealkylation sites (N-methyl/N-ethyl adjacent to an activating group) is 1. The van der Waals surface area contributed by atoms with Gasteiger partial charge in [-0.3, -0.25) is 9.59 Å². The van der Waals surface area contributed by atoms with E-state index in [2.05, 4.69) is 16.8 Å². The highest BCUT2D eigenvalue weighted by atomic mass is 16.5. The molecule has 6 heteroatoms. The molecular weight excluding hydrogens is 258 g/mol. The Labute approximate surface area is 120 Å². The quantitative estimate of drug-likeness (QED) is 0.631. The maximum atomic E-state index is 11.6. The Morgan fingerprint density at radius 1 is 1.15 bits per heavy atom. The van der Waals surface area contributed by atoms with E-state index in [1.807, 2.05) is 0 Å². The van der Waals surface area contributed by atoms with Crippen LogP contribution in [0.2, 0.25) is 0 Å². The van der Waals surface area contributed by atoms with Crippen molar-refractivity contribution in [2.75, 3.05) is 59.5 Å². The topological polar surface area (TPSA) is 53.1 Å². The smallest absolute Gasteiger partial charge is 0.307 e. The maximum absolute atomic E-state index is 11.6. The zero-order valence-corrected chi connectivity index (χ0v) is 12.3. The summed E-state index contributed by atoms with van der Waals surface area (Å²) in [6.45, 7) is 6.61. The minimum atomic E-state index is -0.157. The van der Waals surface area contributed by atoms with Crippen molar-refractivity contribution >= 4 is 11.9 Å². The molecule has 0 atom stereocenters. The van der Waals surface area contributed by atoms with Crippen molar-refractivity contribution < 1.29 is 14.3 Å². The van der Waals surface area contributed by atoms with Gasteiger partial charge in [-0.25, -0.2) is 0 Å². The molecule has 0 aromatic rings. The van der Waals surface area contributed by atoms with Crippen molar-refractivity contribution in [2.45, 2.75) is 19.3 Å². The summed E-state index contributed by atoms with van der Waals surface area (Å²) in [5.74, 6) is 0.0223. The number of carbonyl (C=O) groups excluding carboxylic acids is 2. The van der Waals surface area contributed by atoms with Crippen molar-refractivity contribution in [3.05, 3.63) is 0 Å². The predicted octanol–water partition coefficient (Wildman–Crippen LogP) is -0.210. The third kappa shape index (κ3) is 4.76. The van der Waals surface area contributed by atoms with Gasteiger partial charge in [-0.2, -0.15) is 0 Å². The lowest BCUT2D eigenvalue weighted by Crippen LogP contribution is -2.45. The number of ether oxygens (including phenoxy) is 1. The maximum Gasteiger partial charge on any atom is 0.307 e. The first kappa shape index (κ1) is 15.3. The van der Waals surface area contributed by atoms with E-state index in [1.165, 1.54) is 0 Å². The second-order valence-electron chi connectivity index (χ2n) is 5.60. The molecule has 2 fully saturated rings. The van der Waals surface area contributed by atoms with Crippen LogP contribution >= 0.6 is 0 Å². The molecule has 0 radical (unpaired) electrons. The Kier molecular flexibility index (Phi) is 5.79. The molecule has 114 valence electrons. The summed E-state index contributed by atoms with van der Waals surface area (Å²) in [6.07, 6.45) is 2.01. The van der Waals surface area contributed by atoms with E-state index >= 15 is 0 Å². The van der Waals surface area contributed by atoms with Crippen molar-refractivity contribution in [1.82, 2.24) is 14.7 Å². The zero-order valence-electron chi connectivity index (χ0n) is 12.3. The first-order chi connectivity index (χ1) is 9.65. The van der Waals surface area contributed by atoms with Gasteiger partial charge in [0, 0.05) is 45.7 Å². The number of likely N-dealkylation sites (tertiary alicyclic amines) is 1. The van der Waals surface area contributed by atoms with Crippen LogP contribution in [0.5, 0.6) is 0 Å². The van der Waals surface area contributed by atoms with Gasteiger partial charge in [0.25, 0.3) is 0 Å². The first-order valence-electron chi connectivity index (χ1n) is 7.49. The average molecular weight is 283 g/mol. The Morgan fingerprint density at radius 3 is 2.55 bits per heavy atom. The Hall–Kier alpha value is -1.14. The molecular formula is C14H25N3O3. The van der Waals surface area contributed by atoms with Crippen molar-refractivity contribution in [3.63, 3.8) is 0 Å². The van der Waals surface area contributed by atoms with Crippen LogP contribution in [0.1, 0.15) is 19.3 Å². The average Bonchev–Trinajstić information content (AvgIpc) is 2.84. The molecule has 2 heterocycles. The highest BCUT2D eigenvalue weighted by molar-refractivity contribution is 5.78. The first-order valence-corrected chi connectivity index (χ1v) is 7.49. The fourth-order valence-electron chi connectivity index (χ4n) is 2.60. The third-order valence-electron chi connectivity index (χ3n) is 4.02. The third-order valence-corrected chi connectivity index (χ3v) is 4.02. The fourth-order valence-corrected chi connectivity index (χ4v) is 2.60. The molecule has 0 aromatic heterocycles. The molecule has 0 bridgehead atoms. The number of nitrogens with zero attached hydrogens (tertiary/aromatic N) is 3. The van der Waals surface area contributed by atoms with Gasteiger partial charge in [0.1, 0.15) is 6.61 Å². The molecule has 0 spiro atoms. The van der Waals surface area contributed by atoms with Gasteiger partial charge in [0.2, 0.25) is 5.91 Å². The number of amides is 1. The van der Waals surface area contributed by atoms with Crippen LogP contribution in [0.15, 0.2) is 0 Å². The lowest BCUT2D eigenvalue weighted by Gasteiger charge is -2.32. The van der Waals surface area contributed by atoms with Crippen LogP contribution in [-0.4, -0.2) is 86.0 Å². The molecule has 0 unspecified atom stereocenters. The van der Waals surface area contributed by atoms with E-state index in [-0.39, 0.29) is 11.9 Å². The lowest BCUT2D eigenvalue weighted by molar-refractivity contribution is -0.145. The van der Waals surface area contributed by atoms with Crippen LogP contribution in [0.3, 0.4) is 0 Å². The van der Waals surface area contributed by atoms with Crippen LogP contribution in [-0.2, 0) is 14.3 Å². The molecule has 0 aromatic carbocycles. The Bertz CT molecular complexity index is 341. The van der Waals surface area contributed by atoms with E-state index in [0.717, 1.165) is 45.7 Å². The van der Waals surface area contributed by atoms with Crippen molar-refractivity contribution in [2.24, 2.45) is 0 Å². The summed E-state index contributed by atoms with van der Waals surface area (Å²) in [7, 11) is 2.12. The number of piperazine rings is 1. The van der Waals surface area contributed by atoms with Gasteiger partial charge in [0.15, 0.2) is 0 Å². The number of rotatable bonds is 6. The van der Waals surface area contributed by atoms with Gasteiger partial charge in [-0.1, -0.05) is 0 Å². The van der Waals surface area contributed by atoms with Gasteiger partial charge < -0.3 is 19.4 Å². The number of hydrogen-bond donors (Lipinski definition) is 0. The van der Waals surface area contributed by atoms with Crippen LogP contribution in [0.4, 0.5) is 0 Å². The number of carbonyl (C=O) groups is 2. The minimum Gasteiger partial charge on any atom is -0.464 e. The van der Waals surface area contributed by atoms with E-state index < -0.39 is 0 Å². The van der Waals surface area contributed by atoms with Gasteiger partial charge in [-0.15, -0.1) is 0 Å². The largest absolute Gasteiger partial charge is 0.464 e. The van der Waals surface area contributed by atoms with E-state index in [9.17, 15) is 9.59 Å². The summed E-state index contributed by atoms with van der Waals surface area (Å²) in [4.78, 5) is 29.4. The predicted molar refractivity (Wildman–Crippen MR) is 75.3 cm³/mol. The summed E-state index contributed by atoms with van der Waals surface area (Å²) in [6, 6.07) is 0. The highest BCUT2D eigenvalue weighted by Gasteiger charge is 2.20. The number of esters is 1. The van der Waals surface area contributed by atoms with E-state index in [1.54, 1.807) is 4.90 Å². The van der Waals surface area contributed by atoms with Crippen LogP contribution < -0.4 is 0 Å². The molecule has 0 N–H and O–H groups in total. The van der Waals surface area contributed by atoms with Gasteiger partial charge in [0.05, 0.1) is 13.0 Å². The fraction of sp³-hybridized carbons (Fsp3) is 0.857. The second-order valence-corrected chi connectivity index (χ2v) is 5.60. The SMILES string of the molecule is CN1CCN(CCC(=O)OCCN2CCCC2=O)CC1. The monoisotopic (exact) mass is 283 g/mol. The number of hydrogen-bond acceptors (Lipinski definition) is 5. The molecule has 0 saturated carbocycles. The molecule has 20 heavy (non-hydrogen) atoms. The van der Waals surface area contributed by atoms with Crippen molar-refractivity contribution in [3.8, 4) is 0 Å². The van der Waals surface area contributed by atoms with E-state index in [0.29, 0.717) is 26.0 Å². The van der Waals surface area contributed by atoms with E-state index in [4.69, 9.17) is 4.74 Å². The van der Waals surface area contributed by atoms with Crippen LogP contribution in [0, 0.1) is 0 Å². The summed E-state index contributed by atoms with van der Waals surface area (Å²) >= 11 is 0. The van der Waals surface area contributed by atoms with Gasteiger partial charge in [-0.05, 0) is 13.5 Å². The molecule has 2 rings (SSSR count). The molecule has 0 aliphatic carbocycles. The Morgan fingerprint density at radius 2 is 1.90 bits per heavy atom. The summed E-state index contributed by atoms with van der Waals surface area (Å²) in [5, 5.41) is 0. The van der Waals surface area contributed by atoms with Gasteiger partial charge >= 0.3 is 5.97 Å². The normalized spacial score (nSPS) is 21.4. The van der Waals surface area contributed by atoms with Crippen LogP contribution in [0.25, 0.3) is 0 Å². The summed E-state index contributed by atoms with van der Waals surface area (Å²) in [5.41, 5.74) is 0. The summed E-state index contributed by atoms with van der Waals surface area (Å²) < 4.78 is 5.19. The standard InChI is InChI=1S/C14H25N3O3/c1-15-7-9-16(10-8-15)6-4-14(19)20-12-11-17-5-2-3-13(17)18/h2-12H2,1H3. The molecule has 1 amide bonds. The Balaban J connectivity index is 1.53. The molecule has 6 nitrogen and oxygen atoms in total. The highest BCUT2D eigenvalue weighted by Crippen LogP contribution is 2.08. The van der Waals surface area contributed by atoms with Crippen molar-refractivity contribution in [1.29, 1.82) is 0 Å². The zero-order chi connectivity index (χ0) is 14.4.